The van der Waals surface area contributed by atoms with Crippen LogP contribution in [0.2, 0.25) is 0 Å². The van der Waals surface area contributed by atoms with Gasteiger partial charge in [-0.2, -0.15) is 0 Å². The topological polar surface area (TPSA) is 29.5 Å². The van der Waals surface area contributed by atoms with Crippen LogP contribution in [0.4, 0.5) is 0 Å². The molecule has 1 aliphatic heterocycles. The van der Waals surface area contributed by atoms with Gasteiger partial charge in [0.2, 0.25) is 0 Å². The van der Waals surface area contributed by atoms with Gasteiger partial charge in [-0.05, 0) is 58.0 Å². The summed E-state index contributed by atoms with van der Waals surface area (Å²) in [7, 11) is 0. The van der Waals surface area contributed by atoms with Crippen molar-refractivity contribution in [2.45, 2.75) is 83.6 Å². The normalized spacial score (nSPS) is 31.0. The van der Waals surface area contributed by atoms with Crippen molar-refractivity contribution < 1.29 is 9.53 Å². The fourth-order valence-electron chi connectivity index (χ4n) is 4.44. The molecule has 2 rings (SSSR count). The summed E-state index contributed by atoms with van der Waals surface area (Å²) in [6.45, 7) is 7.06. The minimum Gasteiger partial charge on any atom is -0.466 e. The predicted molar refractivity (Wildman–Crippen MR) is 86.3 cm³/mol. The van der Waals surface area contributed by atoms with Gasteiger partial charge in [0.15, 0.2) is 0 Å². The number of hydrogen-bond donors (Lipinski definition) is 0. The third-order valence-electron chi connectivity index (χ3n) is 5.52. The molecule has 122 valence electrons. The van der Waals surface area contributed by atoms with E-state index < -0.39 is 0 Å². The van der Waals surface area contributed by atoms with E-state index in [1.807, 2.05) is 6.92 Å². The molecule has 0 amide bonds. The Hall–Kier alpha value is -0.570. The zero-order valence-corrected chi connectivity index (χ0v) is 14.0. The Balaban J connectivity index is 2.06. The summed E-state index contributed by atoms with van der Waals surface area (Å²) < 4.78 is 5.28. The molecule has 0 spiro atoms. The van der Waals surface area contributed by atoms with Crippen molar-refractivity contribution in [1.82, 2.24) is 4.90 Å². The smallest absolute Gasteiger partial charge is 0.307 e. The molecule has 0 aromatic rings. The fraction of sp³-hybridized carbons (Fsp3) is 0.944. The van der Waals surface area contributed by atoms with Gasteiger partial charge in [-0.1, -0.05) is 32.6 Å². The number of rotatable bonds is 6. The SMILES string of the molecule is CCCC1CCCC(CC(=O)OCC)(N2CCCC2)CC1. The number of carbonyl (C=O) groups is 1. The molecule has 2 aliphatic rings. The standard InChI is InChI=1S/C18H33NO2/c1-3-8-16-9-7-11-18(12-10-16,15-17(20)21-4-2)19-13-5-6-14-19/h16H,3-15H2,1-2H3. The van der Waals surface area contributed by atoms with Gasteiger partial charge < -0.3 is 4.74 Å². The molecule has 0 bridgehead atoms. The average Bonchev–Trinajstić information content (AvgIpc) is 2.92. The molecule has 3 heteroatoms. The van der Waals surface area contributed by atoms with Crippen molar-refractivity contribution in [3.05, 3.63) is 0 Å². The van der Waals surface area contributed by atoms with Gasteiger partial charge in [0.1, 0.15) is 0 Å². The second kappa shape index (κ2) is 8.17. The molecular formula is C18H33NO2. The fourth-order valence-corrected chi connectivity index (χ4v) is 4.44. The summed E-state index contributed by atoms with van der Waals surface area (Å²) in [6.07, 6.45) is 12.2. The lowest BCUT2D eigenvalue weighted by Gasteiger charge is -2.41. The Morgan fingerprint density at radius 1 is 1.14 bits per heavy atom. The van der Waals surface area contributed by atoms with Crippen molar-refractivity contribution in [2.75, 3.05) is 19.7 Å². The van der Waals surface area contributed by atoms with Gasteiger partial charge in [-0.25, -0.2) is 0 Å². The Kier molecular flexibility index (Phi) is 6.53. The first-order chi connectivity index (χ1) is 10.2. The molecule has 1 aliphatic carbocycles. The molecule has 1 saturated heterocycles. The third-order valence-corrected chi connectivity index (χ3v) is 5.52. The molecule has 2 unspecified atom stereocenters. The summed E-state index contributed by atoms with van der Waals surface area (Å²) in [5, 5.41) is 0. The van der Waals surface area contributed by atoms with Crippen molar-refractivity contribution in [3.8, 4) is 0 Å². The Labute approximate surface area is 130 Å². The van der Waals surface area contributed by atoms with Crippen LogP contribution in [0.5, 0.6) is 0 Å². The highest BCUT2D eigenvalue weighted by atomic mass is 16.5. The van der Waals surface area contributed by atoms with E-state index >= 15 is 0 Å². The average molecular weight is 295 g/mol. The Morgan fingerprint density at radius 3 is 2.57 bits per heavy atom. The van der Waals surface area contributed by atoms with Gasteiger partial charge in [0.05, 0.1) is 13.0 Å². The van der Waals surface area contributed by atoms with E-state index in [1.54, 1.807) is 0 Å². The molecule has 0 radical (unpaired) electrons. The van der Waals surface area contributed by atoms with Crippen LogP contribution in [-0.4, -0.2) is 36.1 Å². The van der Waals surface area contributed by atoms with Crippen molar-refractivity contribution in [2.24, 2.45) is 5.92 Å². The maximum Gasteiger partial charge on any atom is 0.307 e. The molecule has 3 nitrogen and oxygen atoms in total. The van der Waals surface area contributed by atoms with Gasteiger partial charge in [-0.3, -0.25) is 9.69 Å². The van der Waals surface area contributed by atoms with Crippen molar-refractivity contribution in [1.29, 1.82) is 0 Å². The monoisotopic (exact) mass is 295 g/mol. The highest BCUT2D eigenvalue weighted by molar-refractivity contribution is 5.71. The predicted octanol–water partition coefficient (Wildman–Crippen LogP) is 4.15. The van der Waals surface area contributed by atoms with Crippen LogP contribution in [0.15, 0.2) is 0 Å². The summed E-state index contributed by atoms with van der Waals surface area (Å²) in [5.41, 5.74) is 0.102. The van der Waals surface area contributed by atoms with Gasteiger partial charge in [0.25, 0.3) is 0 Å². The first-order valence-corrected chi connectivity index (χ1v) is 9.11. The van der Waals surface area contributed by atoms with E-state index in [9.17, 15) is 4.79 Å². The molecule has 2 fully saturated rings. The van der Waals surface area contributed by atoms with E-state index in [2.05, 4.69) is 11.8 Å². The molecular weight excluding hydrogens is 262 g/mol. The van der Waals surface area contributed by atoms with Crippen LogP contribution in [0.25, 0.3) is 0 Å². The summed E-state index contributed by atoms with van der Waals surface area (Å²) in [4.78, 5) is 14.8. The summed E-state index contributed by atoms with van der Waals surface area (Å²) in [5.74, 6) is 0.889. The van der Waals surface area contributed by atoms with Crippen LogP contribution < -0.4 is 0 Å². The Morgan fingerprint density at radius 2 is 1.90 bits per heavy atom. The van der Waals surface area contributed by atoms with Crippen LogP contribution in [0.3, 0.4) is 0 Å². The number of likely N-dealkylation sites (tertiary alicyclic amines) is 1. The van der Waals surface area contributed by atoms with E-state index in [0.717, 1.165) is 5.92 Å². The van der Waals surface area contributed by atoms with Gasteiger partial charge >= 0.3 is 5.97 Å². The minimum absolute atomic E-state index is 0.0124. The molecule has 2 atom stereocenters. The quantitative estimate of drug-likeness (QED) is 0.544. The first-order valence-electron chi connectivity index (χ1n) is 9.11. The highest BCUT2D eigenvalue weighted by Gasteiger charge is 2.41. The molecule has 0 aromatic heterocycles. The van der Waals surface area contributed by atoms with E-state index in [4.69, 9.17) is 4.74 Å². The number of carbonyl (C=O) groups excluding carboxylic acids is 1. The number of esters is 1. The first kappa shape index (κ1) is 16.8. The lowest BCUT2D eigenvalue weighted by molar-refractivity contribution is -0.146. The number of hydrogen-bond acceptors (Lipinski definition) is 3. The Bertz CT molecular complexity index is 325. The third kappa shape index (κ3) is 4.45. The lowest BCUT2D eigenvalue weighted by atomic mass is 9.84. The van der Waals surface area contributed by atoms with Crippen molar-refractivity contribution >= 4 is 5.97 Å². The molecule has 0 aromatic carbocycles. The second-order valence-electron chi connectivity index (χ2n) is 6.99. The summed E-state index contributed by atoms with van der Waals surface area (Å²) >= 11 is 0. The molecule has 1 saturated carbocycles. The highest BCUT2D eigenvalue weighted by Crippen LogP contribution is 2.40. The van der Waals surface area contributed by atoms with Crippen LogP contribution in [-0.2, 0) is 9.53 Å². The van der Waals surface area contributed by atoms with Crippen LogP contribution in [0, 0.1) is 5.92 Å². The zero-order valence-electron chi connectivity index (χ0n) is 14.0. The van der Waals surface area contributed by atoms with Gasteiger partial charge in [-0.15, -0.1) is 0 Å². The van der Waals surface area contributed by atoms with Gasteiger partial charge in [0, 0.05) is 5.54 Å². The second-order valence-corrected chi connectivity index (χ2v) is 6.99. The largest absolute Gasteiger partial charge is 0.466 e. The molecule has 21 heavy (non-hydrogen) atoms. The maximum absolute atomic E-state index is 12.1. The zero-order chi connectivity index (χ0) is 15.1. The van der Waals surface area contributed by atoms with E-state index in [1.165, 1.54) is 70.9 Å². The summed E-state index contributed by atoms with van der Waals surface area (Å²) in [6, 6.07) is 0. The van der Waals surface area contributed by atoms with Crippen molar-refractivity contribution in [3.63, 3.8) is 0 Å². The van der Waals surface area contributed by atoms with Crippen LogP contribution in [0.1, 0.15) is 78.1 Å². The minimum atomic E-state index is 0.0124. The number of ether oxygens (including phenoxy) is 1. The van der Waals surface area contributed by atoms with Crippen LogP contribution >= 0.6 is 0 Å². The van der Waals surface area contributed by atoms with E-state index in [-0.39, 0.29) is 11.5 Å². The maximum atomic E-state index is 12.1. The molecule has 1 heterocycles. The number of nitrogens with zero attached hydrogens (tertiary/aromatic N) is 1. The molecule has 0 N–H and O–H groups in total. The lowest BCUT2D eigenvalue weighted by Crippen LogP contribution is -2.48. The van der Waals surface area contributed by atoms with E-state index in [0.29, 0.717) is 13.0 Å².